The molecule has 152 valence electrons. The quantitative estimate of drug-likeness (QED) is 0.546. The van der Waals surface area contributed by atoms with Crippen molar-refractivity contribution in [2.75, 3.05) is 13.1 Å². The molecule has 6 heteroatoms. The van der Waals surface area contributed by atoms with Crippen molar-refractivity contribution in [2.24, 2.45) is 5.73 Å². The summed E-state index contributed by atoms with van der Waals surface area (Å²) in [5.74, 6) is 0.992. The molecule has 0 bridgehead atoms. The van der Waals surface area contributed by atoms with E-state index < -0.39 is 0 Å². The average Bonchev–Trinajstić information content (AvgIpc) is 3.31. The second-order valence-electron chi connectivity index (χ2n) is 7.70. The molecule has 3 aromatic rings. The normalized spacial score (nSPS) is 17.2. The van der Waals surface area contributed by atoms with Crippen LogP contribution in [-0.4, -0.2) is 37.9 Å². The van der Waals surface area contributed by atoms with Crippen molar-refractivity contribution in [1.29, 1.82) is 0 Å². The molecule has 0 radical (unpaired) electrons. The zero-order chi connectivity index (χ0) is 19.9. The lowest BCUT2D eigenvalue weighted by Crippen LogP contribution is -2.38. The summed E-state index contributed by atoms with van der Waals surface area (Å²) in [5, 5.41) is 0. The molecule has 0 fully saturated rings. The molecule has 0 aliphatic heterocycles. The number of nitrogens with two attached hydrogens (primary N) is 1. The molecule has 0 saturated carbocycles. The lowest BCUT2D eigenvalue weighted by Gasteiger charge is -2.39. The summed E-state index contributed by atoms with van der Waals surface area (Å²) in [5.41, 5.74) is 9.49. The Balaban J connectivity index is 1.69. The number of aromatic nitrogens is 4. The fourth-order valence-corrected chi connectivity index (χ4v) is 4.42. The van der Waals surface area contributed by atoms with E-state index in [-0.39, 0.29) is 12.1 Å². The fourth-order valence-electron chi connectivity index (χ4n) is 4.42. The SMILES string of the molecule is NCCCCN(C(Cc1ccccn1)c1ncc[nH]1)C1CCCc2cccnc21. The van der Waals surface area contributed by atoms with Crippen LogP contribution in [-0.2, 0) is 12.8 Å². The van der Waals surface area contributed by atoms with Gasteiger partial charge in [0.2, 0.25) is 0 Å². The van der Waals surface area contributed by atoms with Crippen molar-refractivity contribution in [3.8, 4) is 0 Å². The van der Waals surface area contributed by atoms with Gasteiger partial charge in [0.1, 0.15) is 5.82 Å². The first-order valence-electron chi connectivity index (χ1n) is 10.7. The maximum atomic E-state index is 5.80. The number of rotatable bonds is 9. The van der Waals surface area contributed by atoms with E-state index in [9.17, 15) is 0 Å². The van der Waals surface area contributed by atoms with Crippen molar-refractivity contribution < 1.29 is 0 Å². The molecule has 0 spiro atoms. The van der Waals surface area contributed by atoms with E-state index in [0.29, 0.717) is 0 Å². The summed E-state index contributed by atoms with van der Waals surface area (Å²) in [6.45, 7) is 1.69. The second-order valence-corrected chi connectivity index (χ2v) is 7.70. The standard InChI is InChI=1S/C23H30N6/c24-11-2-4-16-29(20-10-5-7-18-8-6-13-26-22(18)20)21(23-27-14-15-28-23)17-19-9-1-3-12-25-19/h1,3,6,8-9,12-15,20-21H,2,4-5,7,10-11,16-17,24H2,(H,27,28). The Morgan fingerprint density at radius 2 is 2.00 bits per heavy atom. The molecular weight excluding hydrogens is 360 g/mol. The molecule has 4 rings (SSSR count). The van der Waals surface area contributed by atoms with Gasteiger partial charge in [-0.05, 0) is 69.0 Å². The maximum Gasteiger partial charge on any atom is 0.123 e. The topological polar surface area (TPSA) is 83.7 Å². The van der Waals surface area contributed by atoms with Crippen molar-refractivity contribution in [3.05, 3.63) is 77.9 Å². The van der Waals surface area contributed by atoms with Gasteiger partial charge in [0.15, 0.2) is 0 Å². The molecule has 0 amide bonds. The Hall–Kier alpha value is -2.57. The van der Waals surface area contributed by atoms with Gasteiger partial charge in [-0.15, -0.1) is 0 Å². The number of fused-ring (bicyclic) bond motifs is 1. The van der Waals surface area contributed by atoms with Crippen LogP contribution in [0, 0.1) is 0 Å². The smallest absolute Gasteiger partial charge is 0.123 e. The van der Waals surface area contributed by atoms with Gasteiger partial charge in [-0.2, -0.15) is 0 Å². The minimum atomic E-state index is 0.121. The van der Waals surface area contributed by atoms with Crippen LogP contribution in [0.1, 0.15) is 60.5 Å². The number of aryl methyl sites for hydroxylation is 1. The molecule has 0 aromatic carbocycles. The third-order valence-corrected chi connectivity index (χ3v) is 5.80. The molecule has 2 unspecified atom stereocenters. The number of hydrogen-bond donors (Lipinski definition) is 2. The molecule has 29 heavy (non-hydrogen) atoms. The molecule has 3 aromatic heterocycles. The van der Waals surface area contributed by atoms with Gasteiger partial charge >= 0.3 is 0 Å². The number of aromatic amines is 1. The summed E-state index contributed by atoms with van der Waals surface area (Å²) < 4.78 is 0. The summed E-state index contributed by atoms with van der Waals surface area (Å²) in [4.78, 5) is 20.0. The lowest BCUT2D eigenvalue weighted by atomic mass is 9.89. The summed E-state index contributed by atoms with van der Waals surface area (Å²) in [6.07, 6.45) is 13.9. The number of nitrogens with one attached hydrogen (secondary N) is 1. The Morgan fingerprint density at radius 1 is 1.07 bits per heavy atom. The van der Waals surface area contributed by atoms with Gasteiger partial charge in [-0.1, -0.05) is 12.1 Å². The van der Waals surface area contributed by atoms with E-state index >= 15 is 0 Å². The summed E-state index contributed by atoms with van der Waals surface area (Å²) in [7, 11) is 0. The van der Waals surface area contributed by atoms with Crippen LogP contribution in [0.5, 0.6) is 0 Å². The Kier molecular flexibility index (Phi) is 6.64. The largest absolute Gasteiger partial charge is 0.347 e. The number of nitrogens with zero attached hydrogens (tertiary/aromatic N) is 4. The van der Waals surface area contributed by atoms with Crippen LogP contribution in [0.25, 0.3) is 0 Å². The number of pyridine rings is 2. The minimum Gasteiger partial charge on any atom is -0.347 e. The first kappa shape index (κ1) is 19.7. The number of H-pyrrole nitrogens is 1. The molecule has 1 aliphatic rings. The number of imidazole rings is 1. The van der Waals surface area contributed by atoms with Crippen LogP contribution in [0.2, 0.25) is 0 Å². The van der Waals surface area contributed by atoms with Gasteiger partial charge in [0.25, 0.3) is 0 Å². The molecular formula is C23H30N6. The molecule has 2 atom stereocenters. The molecule has 1 aliphatic carbocycles. The van der Waals surface area contributed by atoms with E-state index in [1.807, 2.05) is 30.9 Å². The van der Waals surface area contributed by atoms with Crippen LogP contribution in [0.3, 0.4) is 0 Å². The fraction of sp³-hybridized carbons (Fsp3) is 0.435. The molecule has 3 heterocycles. The highest BCUT2D eigenvalue weighted by atomic mass is 15.2. The van der Waals surface area contributed by atoms with Gasteiger partial charge in [-0.25, -0.2) is 4.98 Å². The summed E-state index contributed by atoms with van der Waals surface area (Å²) in [6, 6.07) is 10.8. The predicted octanol–water partition coefficient (Wildman–Crippen LogP) is 3.60. The molecule has 0 saturated heterocycles. The lowest BCUT2D eigenvalue weighted by molar-refractivity contribution is 0.107. The van der Waals surface area contributed by atoms with Crippen molar-refractivity contribution in [3.63, 3.8) is 0 Å². The van der Waals surface area contributed by atoms with E-state index in [2.05, 4.69) is 44.1 Å². The minimum absolute atomic E-state index is 0.121. The third-order valence-electron chi connectivity index (χ3n) is 5.80. The van der Waals surface area contributed by atoms with E-state index in [1.165, 1.54) is 17.7 Å². The Morgan fingerprint density at radius 3 is 2.79 bits per heavy atom. The van der Waals surface area contributed by atoms with Crippen LogP contribution < -0.4 is 5.73 Å². The first-order valence-corrected chi connectivity index (χ1v) is 10.7. The van der Waals surface area contributed by atoms with Crippen molar-refractivity contribution in [2.45, 2.75) is 50.6 Å². The van der Waals surface area contributed by atoms with Crippen LogP contribution in [0.4, 0.5) is 0 Å². The highest BCUT2D eigenvalue weighted by Gasteiger charge is 2.33. The monoisotopic (exact) mass is 390 g/mol. The third kappa shape index (κ3) is 4.71. The molecule has 3 N–H and O–H groups in total. The zero-order valence-corrected chi connectivity index (χ0v) is 16.9. The first-order chi connectivity index (χ1) is 14.4. The van der Waals surface area contributed by atoms with Gasteiger partial charge in [-0.3, -0.25) is 14.9 Å². The Bertz CT molecular complexity index is 864. The van der Waals surface area contributed by atoms with Crippen molar-refractivity contribution >= 4 is 0 Å². The van der Waals surface area contributed by atoms with Crippen LogP contribution in [0.15, 0.2) is 55.1 Å². The highest BCUT2D eigenvalue weighted by Crippen LogP contribution is 2.38. The van der Waals surface area contributed by atoms with Gasteiger partial charge in [0.05, 0.1) is 17.8 Å². The molecule has 6 nitrogen and oxygen atoms in total. The van der Waals surface area contributed by atoms with E-state index in [1.54, 1.807) is 0 Å². The maximum absolute atomic E-state index is 5.80. The van der Waals surface area contributed by atoms with E-state index in [4.69, 9.17) is 10.7 Å². The van der Waals surface area contributed by atoms with Gasteiger partial charge in [0, 0.05) is 36.9 Å². The Labute approximate surface area is 172 Å². The second kappa shape index (κ2) is 9.76. The average molecular weight is 391 g/mol. The van der Waals surface area contributed by atoms with Crippen molar-refractivity contribution in [1.82, 2.24) is 24.8 Å². The van der Waals surface area contributed by atoms with E-state index in [0.717, 1.165) is 56.7 Å². The summed E-state index contributed by atoms with van der Waals surface area (Å²) >= 11 is 0. The predicted molar refractivity (Wildman–Crippen MR) is 114 cm³/mol. The zero-order valence-electron chi connectivity index (χ0n) is 16.9. The number of unbranched alkanes of at least 4 members (excludes halogenated alkanes) is 1. The van der Waals surface area contributed by atoms with Gasteiger partial charge < -0.3 is 10.7 Å². The van der Waals surface area contributed by atoms with Crippen LogP contribution >= 0.6 is 0 Å². The number of hydrogen-bond acceptors (Lipinski definition) is 5. The highest BCUT2D eigenvalue weighted by molar-refractivity contribution is 5.26.